The van der Waals surface area contributed by atoms with E-state index in [-0.39, 0.29) is 19.0 Å². The van der Waals surface area contributed by atoms with Crippen molar-refractivity contribution in [2.75, 3.05) is 0 Å². The highest BCUT2D eigenvalue weighted by atomic mass is 79.9. The van der Waals surface area contributed by atoms with Crippen LogP contribution < -0.4 is 5.32 Å². The molecule has 1 unspecified atom stereocenters. The molecular formula is C12H15BrClN3O3S. The Morgan fingerprint density at radius 3 is 2.90 bits per heavy atom. The van der Waals surface area contributed by atoms with Crippen LogP contribution in [0.15, 0.2) is 20.4 Å². The lowest BCUT2D eigenvalue weighted by Crippen LogP contribution is -2.36. The summed E-state index contributed by atoms with van der Waals surface area (Å²) in [6, 6.07) is 3.22. The number of nitrogens with one attached hydrogen (secondary N) is 1. The minimum atomic E-state index is -0.867. The number of aliphatic carboxylic acids is 1. The molecule has 6 nitrogen and oxygen atoms in total. The molecule has 0 aliphatic carbocycles. The summed E-state index contributed by atoms with van der Waals surface area (Å²) in [6.45, 7) is 2.19. The number of carboxylic acid groups (broad SMARTS) is 1. The first-order valence-corrected chi connectivity index (χ1v) is 7.75. The molecule has 0 bridgehead atoms. The van der Waals surface area contributed by atoms with E-state index >= 15 is 0 Å². The Kier molecular flexibility index (Phi) is 7.30. The number of aromatic nitrogens is 2. The molecule has 21 heavy (non-hydrogen) atoms. The highest BCUT2D eigenvalue weighted by Gasteiger charge is 2.17. The van der Waals surface area contributed by atoms with Crippen LogP contribution in [-0.4, -0.2) is 27.3 Å². The first kappa shape index (κ1) is 18.1. The maximum Gasteiger partial charge on any atom is 0.320 e. The fourth-order valence-corrected chi connectivity index (χ4v) is 2.99. The van der Waals surface area contributed by atoms with E-state index in [1.54, 1.807) is 0 Å². The van der Waals surface area contributed by atoms with Gasteiger partial charge in [0.2, 0.25) is 11.7 Å². The lowest BCUT2D eigenvalue weighted by Gasteiger charge is -2.10. The van der Waals surface area contributed by atoms with Crippen LogP contribution in [0.5, 0.6) is 0 Å². The first-order chi connectivity index (χ1) is 9.60. The van der Waals surface area contributed by atoms with Crippen molar-refractivity contribution in [3.8, 4) is 10.7 Å². The zero-order chi connectivity index (χ0) is 14.5. The summed E-state index contributed by atoms with van der Waals surface area (Å²) in [5, 5.41) is 15.8. The van der Waals surface area contributed by atoms with Gasteiger partial charge in [-0.1, -0.05) is 18.5 Å². The van der Waals surface area contributed by atoms with Crippen LogP contribution in [0.3, 0.4) is 0 Å². The molecule has 0 aliphatic rings. The fourth-order valence-electron chi connectivity index (χ4n) is 1.67. The van der Waals surface area contributed by atoms with Crippen molar-refractivity contribution in [2.45, 2.75) is 32.4 Å². The predicted octanol–water partition coefficient (Wildman–Crippen LogP) is 3.33. The van der Waals surface area contributed by atoms with Gasteiger partial charge >= 0.3 is 5.97 Å². The van der Waals surface area contributed by atoms with Gasteiger partial charge in [0, 0.05) is 0 Å². The molecule has 0 aromatic carbocycles. The number of carboxylic acids is 1. The number of halogens is 2. The Morgan fingerprint density at radius 2 is 2.33 bits per heavy atom. The van der Waals surface area contributed by atoms with Gasteiger partial charge in [-0.25, -0.2) is 0 Å². The monoisotopic (exact) mass is 395 g/mol. The van der Waals surface area contributed by atoms with E-state index in [1.807, 2.05) is 19.1 Å². The van der Waals surface area contributed by atoms with Gasteiger partial charge in [-0.3, -0.25) is 10.1 Å². The van der Waals surface area contributed by atoms with Crippen LogP contribution in [-0.2, 0) is 11.3 Å². The van der Waals surface area contributed by atoms with Gasteiger partial charge in [-0.2, -0.15) is 4.98 Å². The van der Waals surface area contributed by atoms with Crippen molar-refractivity contribution >= 4 is 45.6 Å². The van der Waals surface area contributed by atoms with Crippen LogP contribution in [0.1, 0.15) is 25.7 Å². The summed E-state index contributed by atoms with van der Waals surface area (Å²) in [5.74, 6) is 0.0283. The molecule has 0 saturated carbocycles. The maximum atomic E-state index is 11.0. The molecule has 0 spiro atoms. The van der Waals surface area contributed by atoms with E-state index in [0.717, 1.165) is 15.1 Å². The third-order valence-corrected chi connectivity index (χ3v) is 4.26. The average molecular weight is 397 g/mol. The second-order valence-corrected chi connectivity index (χ2v) is 6.64. The van der Waals surface area contributed by atoms with Gasteiger partial charge in [0.25, 0.3) is 0 Å². The minimum absolute atomic E-state index is 0. The second-order valence-electron chi connectivity index (χ2n) is 4.18. The maximum absolute atomic E-state index is 11.0. The van der Waals surface area contributed by atoms with E-state index < -0.39 is 12.0 Å². The van der Waals surface area contributed by atoms with Gasteiger partial charge in [-0.05, 0) is 34.5 Å². The summed E-state index contributed by atoms with van der Waals surface area (Å²) in [5.41, 5.74) is 0. The van der Waals surface area contributed by atoms with Crippen molar-refractivity contribution in [1.82, 2.24) is 15.5 Å². The topological polar surface area (TPSA) is 88.3 Å². The van der Waals surface area contributed by atoms with Crippen molar-refractivity contribution < 1.29 is 14.4 Å². The molecule has 2 rings (SSSR count). The number of carbonyl (C=O) groups is 1. The van der Waals surface area contributed by atoms with E-state index in [0.29, 0.717) is 18.1 Å². The Morgan fingerprint density at radius 1 is 1.57 bits per heavy atom. The van der Waals surface area contributed by atoms with Gasteiger partial charge < -0.3 is 9.63 Å². The summed E-state index contributed by atoms with van der Waals surface area (Å²) in [6.07, 6.45) is 1.36. The molecule has 116 valence electrons. The van der Waals surface area contributed by atoms with Gasteiger partial charge in [0.05, 0.1) is 15.2 Å². The van der Waals surface area contributed by atoms with Gasteiger partial charge in [0.1, 0.15) is 6.04 Å². The molecule has 0 saturated heterocycles. The molecule has 2 aromatic rings. The summed E-state index contributed by atoms with van der Waals surface area (Å²) in [4.78, 5) is 16.1. The Hall–Kier alpha value is -0.960. The molecule has 9 heteroatoms. The zero-order valence-corrected chi connectivity index (χ0v) is 14.4. The Bertz CT molecular complexity index is 590. The highest BCUT2D eigenvalue weighted by Crippen LogP contribution is 2.29. The highest BCUT2D eigenvalue weighted by molar-refractivity contribution is 9.11. The number of hydrogen-bond donors (Lipinski definition) is 2. The lowest BCUT2D eigenvalue weighted by molar-refractivity contribution is -0.139. The largest absolute Gasteiger partial charge is 0.480 e. The SMILES string of the molecule is CCCC(NCc1nc(-c2ccc(Br)s2)no1)C(=O)O.Cl. The second kappa shape index (κ2) is 8.47. The fraction of sp³-hybridized carbons (Fsp3) is 0.417. The molecule has 0 amide bonds. The number of rotatable bonds is 7. The average Bonchev–Trinajstić information content (AvgIpc) is 3.02. The molecule has 0 radical (unpaired) electrons. The van der Waals surface area contributed by atoms with Crippen LogP contribution in [0.2, 0.25) is 0 Å². The standard InChI is InChI=1S/C12H14BrN3O3S.ClH/c1-2-3-7(12(17)18)14-6-10-15-11(16-19-10)8-4-5-9(13)20-8;/h4-5,7,14H,2-3,6H2,1H3,(H,17,18);1H. The van der Waals surface area contributed by atoms with Crippen LogP contribution in [0.25, 0.3) is 10.7 Å². The molecule has 0 fully saturated rings. The van der Waals surface area contributed by atoms with Crippen LogP contribution in [0.4, 0.5) is 0 Å². The van der Waals surface area contributed by atoms with Crippen molar-refractivity contribution in [3.63, 3.8) is 0 Å². The molecule has 2 N–H and O–H groups in total. The normalized spacial score (nSPS) is 11.9. The van der Waals surface area contributed by atoms with Gasteiger partial charge in [-0.15, -0.1) is 23.7 Å². The van der Waals surface area contributed by atoms with Crippen LogP contribution >= 0.6 is 39.7 Å². The van der Waals surface area contributed by atoms with Gasteiger partial charge in [0.15, 0.2) is 0 Å². The molecule has 2 aromatic heterocycles. The summed E-state index contributed by atoms with van der Waals surface area (Å²) < 4.78 is 6.10. The lowest BCUT2D eigenvalue weighted by atomic mass is 10.2. The molecule has 2 heterocycles. The third-order valence-electron chi connectivity index (χ3n) is 2.64. The quantitative estimate of drug-likeness (QED) is 0.746. The van der Waals surface area contributed by atoms with E-state index in [4.69, 9.17) is 9.63 Å². The summed E-state index contributed by atoms with van der Waals surface area (Å²) in [7, 11) is 0. The smallest absolute Gasteiger partial charge is 0.320 e. The number of hydrogen-bond acceptors (Lipinski definition) is 6. The summed E-state index contributed by atoms with van der Waals surface area (Å²) >= 11 is 4.88. The van der Waals surface area contributed by atoms with E-state index in [2.05, 4.69) is 31.4 Å². The van der Waals surface area contributed by atoms with E-state index in [1.165, 1.54) is 11.3 Å². The third kappa shape index (κ3) is 5.06. The first-order valence-electron chi connectivity index (χ1n) is 6.14. The Balaban J connectivity index is 0.00000220. The zero-order valence-electron chi connectivity index (χ0n) is 11.2. The van der Waals surface area contributed by atoms with Crippen molar-refractivity contribution in [3.05, 3.63) is 21.8 Å². The van der Waals surface area contributed by atoms with Crippen molar-refractivity contribution in [1.29, 1.82) is 0 Å². The number of nitrogens with zero attached hydrogens (tertiary/aromatic N) is 2. The van der Waals surface area contributed by atoms with E-state index in [9.17, 15) is 4.79 Å². The Labute approximate surface area is 140 Å². The molecular weight excluding hydrogens is 382 g/mol. The minimum Gasteiger partial charge on any atom is -0.480 e. The predicted molar refractivity (Wildman–Crippen MR) is 85.7 cm³/mol. The van der Waals surface area contributed by atoms with Crippen molar-refractivity contribution in [2.24, 2.45) is 0 Å². The molecule has 0 aliphatic heterocycles. The molecule has 1 atom stereocenters. The van der Waals surface area contributed by atoms with Crippen LogP contribution in [0, 0.1) is 0 Å². The number of thiophene rings is 1.